The van der Waals surface area contributed by atoms with Gasteiger partial charge < -0.3 is 19.9 Å². The molecular formula is C15H15N3O6S. The number of ether oxygens (including phenoxy) is 2. The highest BCUT2D eigenvalue weighted by Crippen LogP contribution is 2.22. The van der Waals surface area contributed by atoms with Gasteiger partial charge >= 0.3 is 11.9 Å². The number of carbonyl (C=O) groups excluding carboxylic acids is 2. The third-order valence-electron chi connectivity index (χ3n) is 3.12. The van der Waals surface area contributed by atoms with Gasteiger partial charge in [0.15, 0.2) is 5.17 Å². The third-order valence-corrected chi connectivity index (χ3v) is 4.19. The molecule has 132 valence electrons. The van der Waals surface area contributed by atoms with E-state index in [1.165, 1.54) is 26.5 Å². The van der Waals surface area contributed by atoms with E-state index in [4.69, 9.17) is 9.84 Å². The Morgan fingerprint density at radius 2 is 2.16 bits per heavy atom. The maximum absolute atomic E-state index is 11.7. The molecule has 10 heteroatoms. The number of nitrogens with one attached hydrogen (secondary N) is 1. The number of aliphatic carboxylic acids is 1. The maximum Gasteiger partial charge on any atom is 0.341 e. The third kappa shape index (κ3) is 4.80. The lowest BCUT2D eigenvalue weighted by Gasteiger charge is -2.06. The zero-order chi connectivity index (χ0) is 18.4. The molecule has 9 nitrogen and oxygen atoms in total. The quantitative estimate of drug-likeness (QED) is 0.435. The van der Waals surface area contributed by atoms with Crippen molar-refractivity contribution in [3.05, 3.63) is 29.3 Å². The molecule has 25 heavy (non-hydrogen) atoms. The number of benzene rings is 1. The van der Waals surface area contributed by atoms with Crippen molar-refractivity contribution in [3.63, 3.8) is 0 Å². The summed E-state index contributed by atoms with van der Waals surface area (Å²) in [6.07, 6.45) is 1.09. The van der Waals surface area contributed by atoms with Crippen LogP contribution in [-0.2, 0) is 14.3 Å². The fourth-order valence-corrected chi connectivity index (χ4v) is 2.88. The van der Waals surface area contributed by atoms with Gasteiger partial charge in [-0.15, -0.1) is 5.10 Å². The molecule has 1 atom stereocenters. The van der Waals surface area contributed by atoms with Crippen LogP contribution in [-0.4, -0.2) is 53.8 Å². The second-order valence-electron chi connectivity index (χ2n) is 4.79. The monoisotopic (exact) mass is 365 g/mol. The van der Waals surface area contributed by atoms with Crippen molar-refractivity contribution in [3.8, 4) is 5.75 Å². The van der Waals surface area contributed by atoms with Crippen LogP contribution in [0.4, 0.5) is 0 Å². The van der Waals surface area contributed by atoms with Gasteiger partial charge in [0.25, 0.3) is 0 Å². The van der Waals surface area contributed by atoms with Crippen LogP contribution in [0.1, 0.15) is 22.3 Å². The number of carboxylic acid groups (broad SMARTS) is 1. The number of carboxylic acids is 1. The molecule has 1 aromatic rings. The van der Waals surface area contributed by atoms with E-state index in [9.17, 15) is 14.4 Å². The maximum atomic E-state index is 11.7. The predicted molar refractivity (Wildman–Crippen MR) is 91.1 cm³/mol. The SMILES string of the molecule is COC(=O)c1cc(C=NN=C2NC(=O)C(CC(=O)O)S2)ccc1OC. The van der Waals surface area contributed by atoms with Crippen molar-refractivity contribution >= 4 is 41.0 Å². The minimum Gasteiger partial charge on any atom is -0.496 e. The van der Waals surface area contributed by atoms with Crippen LogP contribution in [0.25, 0.3) is 0 Å². The van der Waals surface area contributed by atoms with Crippen LogP contribution in [0.15, 0.2) is 28.4 Å². The molecule has 2 rings (SSSR count). The largest absolute Gasteiger partial charge is 0.496 e. The molecule has 1 saturated heterocycles. The highest BCUT2D eigenvalue weighted by Gasteiger charge is 2.32. The van der Waals surface area contributed by atoms with Crippen LogP contribution >= 0.6 is 11.8 Å². The first kappa shape index (κ1) is 18.5. The van der Waals surface area contributed by atoms with Crippen molar-refractivity contribution in [2.24, 2.45) is 10.2 Å². The number of amides is 1. The number of rotatable bonds is 6. The first-order valence-electron chi connectivity index (χ1n) is 7.01. The van der Waals surface area contributed by atoms with Crippen LogP contribution in [0.5, 0.6) is 5.75 Å². The van der Waals surface area contributed by atoms with Crippen LogP contribution in [0, 0.1) is 0 Å². The average Bonchev–Trinajstić information content (AvgIpc) is 2.93. The molecule has 0 spiro atoms. The van der Waals surface area contributed by atoms with Crippen LogP contribution < -0.4 is 10.1 Å². The Kier molecular flexibility index (Phi) is 6.12. The van der Waals surface area contributed by atoms with E-state index in [-0.39, 0.29) is 17.2 Å². The molecule has 0 aliphatic carbocycles. The summed E-state index contributed by atoms with van der Waals surface area (Å²) >= 11 is 1.00. The lowest BCUT2D eigenvalue weighted by molar-refractivity contribution is -0.138. The molecule has 0 radical (unpaired) electrons. The molecule has 0 bridgehead atoms. The van der Waals surface area contributed by atoms with Crippen LogP contribution in [0.3, 0.4) is 0 Å². The first-order chi connectivity index (χ1) is 11.9. The molecule has 1 fully saturated rings. The Morgan fingerprint density at radius 1 is 1.40 bits per heavy atom. The molecule has 1 unspecified atom stereocenters. The number of methoxy groups -OCH3 is 2. The number of carbonyl (C=O) groups is 3. The Bertz CT molecular complexity index is 762. The zero-order valence-electron chi connectivity index (χ0n) is 13.4. The van der Waals surface area contributed by atoms with E-state index in [1.807, 2.05) is 0 Å². The Balaban J connectivity index is 2.11. The topological polar surface area (TPSA) is 127 Å². The molecule has 1 aliphatic heterocycles. The number of amidine groups is 1. The van der Waals surface area contributed by atoms with E-state index in [0.29, 0.717) is 11.3 Å². The number of nitrogens with zero attached hydrogens (tertiary/aromatic N) is 2. The summed E-state index contributed by atoms with van der Waals surface area (Å²) in [6, 6.07) is 4.79. The van der Waals surface area contributed by atoms with Crippen molar-refractivity contribution in [2.75, 3.05) is 14.2 Å². The number of hydrogen-bond acceptors (Lipinski definition) is 8. The Labute approximate surface area is 147 Å². The van der Waals surface area contributed by atoms with Crippen molar-refractivity contribution < 1.29 is 29.0 Å². The van der Waals surface area contributed by atoms with Gasteiger partial charge in [-0.1, -0.05) is 11.8 Å². The molecule has 1 aliphatic rings. The fraction of sp³-hybridized carbons (Fsp3) is 0.267. The normalized spacial score (nSPS) is 18.4. The number of thioether (sulfide) groups is 1. The van der Waals surface area contributed by atoms with E-state index in [0.717, 1.165) is 11.8 Å². The highest BCUT2D eigenvalue weighted by molar-refractivity contribution is 8.15. The van der Waals surface area contributed by atoms with Gasteiger partial charge in [0.05, 0.1) is 26.9 Å². The second-order valence-corrected chi connectivity index (χ2v) is 5.99. The smallest absolute Gasteiger partial charge is 0.341 e. The summed E-state index contributed by atoms with van der Waals surface area (Å²) in [5.74, 6) is -1.66. The summed E-state index contributed by atoms with van der Waals surface area (Å²) in [5.41, 5.74) is 0.814. The van der Waals surface area contributed by atoms with Gasteiger partial charge in [-0.25, -0.2) is 4.79 Å². The van der Waals surface area contributed by atoms with Gasteiger partial charge in [0.2, 0.25) is 5.91 Å². The van der Waals surface area contributed by atoms with E-state index < -0.39 is 23.1 Å². The average molecular weight is 365 g/mol. The lowest BCUT2D eigenvalue weighted by atomic mass is 10.1. The minimum atomic E-state index is -1.06. The van der Waals surface area contributed by atoms with Gasteiger partial charge in [-0.3, -0.25) is 9.59 Å². The fourth-order valence-electron chi connectivity index (χ4n) is 1.97. The molecular weight excluding hydrogens is 350 g/mol. The first-order valence-corrected chi connectivity index (χ1v) is 7.89. The summed E-state index contributed by atoms with van der Waals surface area (Å²) < 4.78 is 9.78. The molecule has 1 aromatic carbocycles. The standard InChI is InChI=1S/C15H15N3O6S/c1-23-10-4-3-8(5-9(10)14(22)24-2)7-16-18-15-17-13(21)11(25-15)6-12(19)20/h3-5,7,11H,6H2,1-2H3,(H,19,20)(H,17,18,21). The number of hydrogen-bond donors (Lipinski definition) is 2. The Hall–Kier alpha value is -2.88. The van der Waals surface area contributed by atoms with E-state index in [1.54, 1.807) is 12.1 Å². The Morgan fingerprint density at radius 3 is 2.80 bits per heavy atom. The molecule has 2 N–H and O–H groups in total. The van der Waals surface area contributed by atoms with Crippen molar-refractivity contribution in [2.45, 2.75) is 11.7 Å². The number of esters is 1. The predicted octanol–water partition coefficient (Wildman–Crippen LogP) is 0.878. The van der Waals surface area contributed by atoms with Crippen molar-refractivity contribution in [1.29, 1.82) is 0 Å². The lowest BCUT2D eigenvalue weighted by Crippen LogP contribution is -2.26. The highest BCUT2D eigenvalue weighted by atomic mass is 32.2. The molecule has 0 aromatic heterocycles. The van der Waals surface area contributed by atoms with Crippen molar-refractivity contribution in [1.82, 2.24) is 5.32 Å². The van der Waals surface area contributed by atoms with Gasteiger partial charge in [-0.05, 0) is 23.8 Å². The summed E-state index contributed by atoms with van der Waals surface area (Å²) in [7, 11) is 2.71. The van der Waals surface area contributed by atoms with Gasteiger partial charge in [0, 0.05) is 0 Å². The van der Waals surface area contributed by atoms with Crippen LogP contribution in [0.2, 0.25) is 0 Å². The summed E-state index contributed by atoms with van der Waals surface area (Å²) in [6.45, 7) is 0. The van der Waals surface area contributed by atoms with E-state index >= 15 is 0 Å². The minimum absolute atomic E-state index is 0.217. The molecule has 1 amide bonds. The second kappa shape index (κ2) is 8.29. The zero-order valence-corrected chi connectivity index (χ0v) is 14.2. The molecule has 1 heterocycles. The van der Waals surface area contributed by atoms with Gasteiger partial charge in [0.1, 0.15) is 16.6 Å². The molecule has 0 saturated carbocycles. The summed E-state index contributed by atoms with van der Waals surface area (Å²) in [5, 5.41) is 18.4. The van der Waals surface area contributed by atoms with Gasteiger partial charge in [-0.2, -0.15) is 5.10 Å². The summed E-state index contributed by atoms with van der Waals surface area (Å²) in [4.78, 5) is 34.0. The van der Waals surface area contributed by atoms with E-state index in [2.05, 4.69) is 20.3 Å².